The van der Waals surface area contributed by atoms with Crippen molar-refractivity contribution in [2.24, 2.45) is 5.92 Å². The standard InChI is InChI=1S/C23H27F2N3O2/c1-15(2)22(29)28-10-8-21(9-11-28)27(3)23(30)26-20-6-4-16(5-7-20)17-12-18(24)14-19(25)13-17/h4-7,12-15,21H,8-11H2,1-3H3,(H,26,30). The average Bonchev–Trinajstić information content (AvgIpc) is 2.72. The average molecular weight is 415 g/mol. The van der Waals surface area contributed by atoms with E-state index in [1.807, 2.05) is 18.7 Å². The van der Waals surface area contributed by atoms with Crippen molar-refractivity contribution < 1.29 is 18.4 Å². The molecule has 3 amide bonds. The molecule has 0 spiro atoms. The molecule has 2 aromatic carbocycles. The molecule has 3 rings (SSSR count). The lowest BCUT2D eigenvalue weighted by Gasteiger charge is -2.37. The van der Waals surface area contributed by atoms with E-state index in [1.165, 1.54) is 12.1 Å². The second-order valence-electron chi connectivity index (χ2n) is 7.99. The van der Waals surface area contributed by atoms with E-state index >= 15 is 0 Å². The third kappa shape index (κ3) is 5.14. The van der Waals surface area contributed by atoms with Crippen molar-refractivity contribution in [3.05, 3.63) is 54.1 Å². The van der Waals surface area contributed by atoms with E-state index in [2.05, 4.69) is 5.32 Å². The van der Waals surface area contributed by atoms with Crippen LogP contribution in [0, 0.1) is 17.6 Å². The van der Waals surface area contributed by atoms with Gasteiger partial charge < -0.3 is 15.1 Å². The fourth-order valence-corrected chi connectivity index (χ4v) is 3.68. The second-order valence-corrected chi connectivity index (χ2v) is 7.99. The van der Waals surface area contributed by atoms with Gasteiger partial charge in [-0.25, -0.2) is 13.6 Å². The van der Waals surface area contributed by atoms with Crippen LogP contribution in [0.1, 0.15) is 26.7 Å². The Kier molecular flexibility index (Phi) is 6.70. The van der Waals surface area contributed by atoms with Crippen LogP contribution in [0.5, 0.6) is 0 Å². The molecule has 7 heteroatoms. The lowest BCUT2D eigenvalue weighted by molar-refractivity contribution is -0.135. The topological polar surface area (TPSA) is 52.7 Å². The number of carbonyl (C=O) groups excluding carboxylic acids is 2. The number of rotatable bonds is 4. The Bertz CT molecular complexity index is 887. The fraction of sp³-hybridized carbons (Fsp3) is 0.391. The first-order valence-electron chi connectivity index (χ1n) is 10.1. The number of hydrogen-bond donors (Lipinski definition) is 1. The van der Waals surface area contributed by atoms with Crippen molar-refractivity contribution in [2.75, 3.05) is 25.5 Å². The Labute approximate surface area is 175 Å². The number of urea groups is 1. The highest BCUT2D eigenvalue weighted by Crippen LogP contribution is 2.24. The van der Waals surface area contributed by atoms with Crippen molar-refractivity contribution in [3.63, 3.8) is 0 Å². The minimum absolute atomic E-state index is 0.0191. The van der Waals surface area contributed by atoms with Crippen LogP contribution >= 0.6 is 0 Å². The van der Waals surface area contributed by atoms with E-state index in [1.54, 1.807) is 36.2 Å². The Balaban J connectivity index is 1.57. The van der Waals surface area contributed by atoms with E-state index in [0.717, 1.165) is 18.9 Å². The molecule has 0 atom stereocenters. The Morgan fingerprint density at radius 1 is 1.00 bits per heavy atom. The predicted molar refractivity (Wildman–Crippen MR) is 113 cm³/mol. The summed E-state index contributed by atoms with van der Waals surface area (Å²) in [4.78, 5) is 28.3. The minimum atomic E-state index is -0.634. The van der Waals surface area contributed by atoms with Crippen LogP contribution < -0.4 is 5.32 Å². The molecule has 160 valence electrons. The maximum absolute atomic E-state index is 13.4. The molecule has 2 aromatic rings. The SMILES string of the molecule is CC(C)C(=O)N1CCC(N(C)C(=O)Nc2ccc(-c3cc(F)cc(F)c3)cc2)CC1. The van der Waals surface area contributed by atoms with E-state index in [0.29, 0.717) is 29.9 Å². The predicted octanol–water partition coefficient (Wildman–Crippen LogP) is 4.74. The van der Waals surface area contributed by atoms with Gasteiger partial charge in [0.1, 0.15) is 11.6 Å². The van der Waals surface area contributed by atoms with Gasteiger partial charge in [-0.1, -0.05) is 26.0 Å². The number of piperidine rings is 1. The molecule has 1 N–H and O–H groups in total. The molecule has 1 aliphatic rings. The molecule has 0 radical (unpaired) electrons. The summed E-state index contributed by atoms with van der Waals surface area (Å²) in [5.74, 6) is -1.14. The van der Waals surface area contributed by atoms with Crippen LogP contribution in [0.3, 0.4) is 0 Å². The molecule has 0 aromatic heterocycles. The maximum Gasteiger partial charge on any atom is 0.321 e. The first-order valence-corrected chi connectivity index (χ1v) is 10.1. The number of carbonyl (C=O) groups is 2. The van der Waals surface area contributed by atoms with Crippen molar-refractivity contribution in [1.29, 1.82) is 0 Å². The summed E-state index contributed by atoms with van der Waals surface area (Å²) in [6.45, 7) is 5.09. The molecule has 1 aliphatic heterocycles. The number of benzene rings is 2. The normalized spacial score (nSPS) is 14.7. The largest absolute Gasteiger partial charge is 0.342 e. The Hall–Kier alpha value is -2.96. The van der Waals surface area contributed by atoms with Crippen molar-refractivity contribution >= 4 is 17.6 Å². The highest BCUT2D eigenvalue weighted by atomic mass is 19.1. The van der Waals surface area contributed by atoms with Gasteiger partial charge in [0.25, 0.3) is 0 Å². The van der Waals surface area contributed by atoms with E-state index < -0.39 is 11.6 Å². The second kappa shape index (κ2) is 9.24. The van der Waals surface area contributed by atoms with Gasteiger partial charge in [-0.2, -0.15) is 0 Å². The lowest BCUT2D eigenvalue weighted by Crippen LogP contribution is -2.49. The van der Waals surface area contributed by atoms with Gasteiger partial charge in [-0.15, -0.1) is 0 Å². The summed E-state index contributed by atoms with van der Waals surface area (Å²) < 4.78 is 26.8. The van der Waals surface area contributed by atoms with Gasteiger partial charge in [0, 0.05) is 43.9 Å². The molecule has 0 bridgehead atoms. The Morgan fingerprint density at radius 2 is 1.57 bits per heavy atom. The molecule has 0 saturated carbocycles. The van der Waals surface area contributed by atoms with Crippen molar-refractivity contribution in [3.8, 4) is 11.1 Å². The number of anilines is 1. The third-order valence-corrected chi connectivity index (χ3v) is 5.47. The van der Waals surface area contributed by atoms with Crippen LogP contribution in [0.25, 0.3) is 11.1 Å². The number of halogens is 2. The summed E-state index contributed by atoms with van der Waals surface area (Å²) in [6.07, 6.45) is 1.49. The zero-order valence-electron chi connectivity index (χ0n) is 17.5. The molecule has 1 fully saturated rings. The number of nitrogens with zero attached hydrogens (tertiary/aromatic N) is 2. The summed E-state index contributed by atoms with van der Waals surface area (Å²) >= 11 is 0. The van der Waals surface area contributed by atoms with Crippen LogP contribution in [0.15, 0.2) is 42.5 Å². The molecule has 0 aliphatic carbocycles. The van der Waals surface area contributed by atoms with Crippen LogP contribution in [0.4, 0.5) is 19.3 Å². The van der Waals surface area contributed by atoms with Gasteiger partial charge in [0.05, 0.1) is 0 Å². The lowest BCUT2D eigenvalue weighted by atomic mass is 10.0. The first-order chi connectivity index (χ1) is 14.2. The zero-order valence-corrected chi connectivity index (χ0v) is 17.5. The van der Waals surface area contributed by atoms with Crippen LogP contribution in [-0.2, 0) is 4.79 Å². The monoisotopic (exact) mass is 415 g/mol. The molecule has 1 saturated heterocycles. The van der Waals surface area contributed by atoms with Gasteiger partial charge in [0.15, 0.2) is 0 Å². The summed E-state index contributed by atoms with van der Waals surface area (Å²) in [5.41, 5.74) is 1.69. The van der Waals surface area contributed by atoms with E-state index in [9.17, 15) is 18.4 Å². The highest BCUT2D eigenvalue weighted by Gasteiger charge is 2.28. The fourth-order valence-electron chi connectivity index (χ4n) is 3.68. The molecular weight excluding hydrogens is 388 g/mol. The van der Waals surface area contributed by atoms with Gasteiger partial charge in [-0.3, -0.25) is 4.79 Å². The number of nitrogens with one attached hydrogen (secondary N) is 1. The summed E-state index contributed by atoms with van der Waals surface area (Å²) in [7, 11) is 1.75. The molecule has 5 nitrogen and oxygen atoms in total. The molecule has 0 unspecified atom stereocenters. The van der Waals surface area contributed by atoms with Gasteiger partial charge in [-0.05, 0) is 48.2 Å². The summed E-state index contributed by atoms with van der Waals surface area (Å²) in [6, 6.07) is 10.0. The van der Waals surface area contributed by atoms with Gasteiger partial charge >= 0.3 is 6.03 Å². The molecule has 30 heavy (non-hydrogen) atoms. The Morgan fingerprint density at radius 3 is 2.10 bits per heavy atom. The maximum atomic E-state index is 13.4. The van der Waals surface area contributed by atoms with Crippen LogP contribution in [0.2, 0.25) is 0 Å². The zero-order chi connectivity index (χ0) is 21.8. The van der Waals surface area contributed by atoms with Gasteiger partial charge in [0.2, 0.25) is 5.91 Å². The molecular formula is C23H27F2N3O2. The quantitative estimate of drug-likeness (QED) is 0.784. The summed E-state index contributed by atoms with van der Waals surface area (Å²) in [5, 5.41) is 2.85. The number of likely N-dealkylation sites (tertiary alicyclic amines) is 1. The third-order valence-electron chi connectivity index (χ3n) is 5.47. The molecule has 1 heterocycles. The van der Waals surface area contributed by atoms with E-state index in [4.69, 9.17) is 0 Å². The first kappa shape index (κ1) is 21.7. The smallest absolute Gasteiger partial charge is 0.321 e. The van der Waals surface area contributed by atoms with Crippen molar-refractivity contribution in [2.45, 2.75) is 32.7 Å². The van der Waals surface area contributed by atoms with Crippen molar-refractivity contribution in [1.82, 2.24) is 9.80 Å². The minimum Gasteiger partial charge on any atom is -0.342 e. The number of hydrogen-bond acceptors (Lipinski definition) is 2. The van der Waals surface area contributed by atoms with Crippen LogP contribution in [-0.4, -0.2) is 47.9 Å². The highest BCUT2D eigenvalue weighted by molar-refractivity contribution is 5.89. The number of amides is 3. The van der Waals surface area contributed by atoms with E-state index in [-0.39, 0.29) is 23.9 Å².